The Bertz CT molecular complexity index is 515. The van der Waals surface area contributed by atoms with Crippen molar-refractivity contribution < 1.29 is 19.4 Å². The van der Waals surface area contributed by atoms with Crippen molar-refractivity contribution in [1.29, 1.82) is 0 Å². The van der Waals surface area contributed by atoms with Crippen LogP contribution in [-0.4, -0.2) is 52.7 Å². The Labute approximate surface area is 116 Å². The summed E-state index contributed by atoms with van der Waals surface area (Å²) in [6.45, 7) is 0.295. The zero-order valence-electron chi connectivity index (χ0n) is 11.1. The van der Waals surface area contributed by atoms with Gasteiger partial charge < -0.3 is 14.7 Å². The average molecular weight is 276 g/mol. The van der Waals surface area contributed by atoms with Gasteiger partial charge in [0.05, 0.1) is 6.10 Å². The SMILES string of the molecule is COC1CC(C(=O)O)N(C(=O)/C=C/c2cccnc2)C1. The first-order chi connectivity index (χ1) is 9.61. The second-order valence-corrected chi connectivity index (χ2v) is 4.56. The normalized spacial score (nSPS) is 22.4. The standard InChI is InChI=1S/C14H16N2O4/c1-20-11-7-12(14(18)19)16(9-11)13(17)5-4-10-3-2-6-15-8-10/h2-6,8,11-12H,7,9H2,1H3,(H,18,19)/b5-4+. The highest BCUT2D eigenvalue weighted by Gasteiger charge is 2.38. The molecule has 1 fully saturated rings. The summed E-state index contributed by atoms with van der Waals surface area (Å²) in [7, 11) is 1.52. The van der Waals surface area contributed by atoms with Crippen LogP contribution in [0.4, 0.5) is 0 Å². The van der Waals surface area contributed by atoms with E-state index < -0.39 is 12.0 Å². The van der Waals surface area contributed by atoms with Gasteiger partial charge in [-0.15, -0.1) is 0 Å². The topological polar surface area (TPSA) is 79.7 Å². The zero-order chi connectivity index (χ0) is 14.5. The van der Waals surface area contributed by atoms with Crippen LogP contribution < -0.4 is 0 Å². The molecule has 1 N–H and O–H groups in total. The minimum atomic E-state index is -1.01. The van der Waals surface area contributed by atoms with Gasteiger partial charge in [0.2, 0.25) is 5.91 Å². The fourth-order valence-corrected chi connectivity index (χ4v) is 2.18. The lowest BCUT2D eigenvalue weighted by Crippen LogP contribution is -2.39. The number of aliphatic carboxylic acids is 1. The summed E-state index contributed by atoms with van der Waals surface area (Å²) in [6, 6.07) is 2.75. The minimum absolute atomic E-state index is 0.230. The van der Waals surface area contributed by atoms with Crippen molar-refractivity contribution >= 4 is 18.0 Å². The number of amides is 1. The maximum atomic E-state index is 12.1. The van der Waals surface area contributed by atoms with Crippen LogP contribution in [0.2, 0.25) is 0 Å². The van der Waals surface area contributed by atoms with E-state index in [-0.39, 0.29) is 12.0 Å². The second kappa shape index (κ2) is 6.29. The Kier molecular flexibility index (Phi) is 4.47. The van der Waals surface area contributed by atoms with Crippen molar-refractivity contribution in [1.82, 2.24) is 9.88 Å². The van der Waals surface area contributed by atoms with Gasteiger partial charge >= 0.3 is 5.97 Å². The molecular formula is C14H16N2O4. The van der Waals surface area contributed by atoms with Gasteiger partial charge in [0, 0.05) is 38.5 Å². The molecule has 6 heteroatoms. The van der Waals surface area contributed by atoms with Gasteiger partial charge in [0.15, 0.2) is 0 Å². The smallest absolute Gasteiger partial charge is 0.326 e. The first kappa shape index (κ1) is 14.2. The van der Waals surface area contributed by atoms with Crippen molar-refractivity contribution in [2.45, 2.75) is 18.6 Å². The molecule has 1 saturated heterocycles. The fourth-order valence-electron chi connectivity index (χ4n) is 2.18. The summed E-state index contributed by atoms with van der Waals surface area (Å²) in [5, 5.41) is 9.15. The third-order valence-corrected chi connectivity index (χ3v) is 3.27. The van der Waals surface area contributed by atoms with Crippen LogP contribution in [0, 0.1) is 0 Å². The lowest BCUT2D eigenvalue weighted by Gasteiger charge is -2.19. The van der Waals surface area contributed by atoms with Gasteiger partial charge in [0.1, 0.15) is 6.04 Å². The third-order valence-electron chi connectivity index (χ3n) is 3.27. The molecule has 2 atom stereocenters. The number of pyridine rings is 1. The van der Waals surface area contributed by atoms with Crippen molar-refractivity contribution in [3.05, 3.63) is 36.2 Å². The van der Waals surface area contributed by atoms with Gasteiger partial charge in [0.25, 0.3) is 0 Å². The Morgan fingerprint density at radius 2 is 2.35 bits per heavy atom. The molecule has 1 aromatic rings. The molecule has 0 spiro atoms. The number of hydrogen-bond donors (Lipinski definition) is 1. The van der Waals surface area contributed by atoms with E-state index in [9.17, 15) is 9.59 Å². The molecule has 0 aromatic carbocycles. The number of rotatable bonds is 4. The monoisotopic (exact) mass is 276 g/mol. The van der Waals surface area contributed by atoms with Crippen LogP contribution in [0.3, 0.4) is 0 Å². The lowest BCUT2D eigenvalue weighted by molar-refractivity contribution is -0.146. The van der Waals surface area contributed by atoms with Crippen LogP contribution in [-0.2, 0) is 14.3 Å². The molecule has 1 aliphatic rings. The Morgan fingerprint density at radius 3 is 2.95 bits per heavy atom. The number of methoxy groups -OCH3 is 1. The van der Waals surface area contributed by atoms with Crippen LogP contribution >= 0.6 is 0 Å². The maximum Gasteiger partial charge on any atom is 0.326 e. The Balaban J connectivity index is 2.07. The number of carboxylic acids is 1. The van der Waals surface area contributed by atoms with E-state index in [4.69, 9.17) is 9.84 Å². The molecule has 6 nitrogen and oxygen atoms in total. The molecule has 0 aliphatic carbocycles. The fraction of sp³-hybridized carbons (Fsp3) is 0.357. The number of aromatic nitrogens is 1. The molecule has 2 heterocycles. The van der Waals surface area contributed by atoms with Crippen LogP contribution in [0.15, 0.2) is 30.6 Å². The summed E-state index contributed by atoms with van der Waals surface area (Å²) in [5.74, 6) is -1.34. The van der Waals surface area contributed by atoms with Gasteiger partial charge in [-0.2, -0.15) is 0 Å². The molecule has 20 heavy (non-hydrogen) atoms. The van der Waals surface area contributed by atoms with Crippen molar-refractivity contribution in [2.24, 2.45) is 0 Å². The van der Waals surface area contributed by atoms with Crippen LogP contribution in [0.1, 0.15) is 12.0 Å². The first-order valence-corrected chi connectivity index (χ1v) is 6.26. The maximum absolute atomic E-state index is 12.1. The molecule has 0 saturated carbocycles. The highest BCUT2D eigenvalue weighted by molar-refractivity contribution is 5.94. The molecule has 0 radical (unpaired) electrons. The minimum Gasteiger partial charge on any atom is -0.480 e. The van der Waals surface area contributed by atoms with Crippen molar-refractivity contribution in [3.8, 4) is 0 Å². The summed E-state index contributed by atoms with van der Waals surface area (Å²) in [6.07, 6.45) is 6.34. The number of likely N-dealkylation sites (tertiary alicyclic amines) is 1. The Hall–Kier alpha value is -2.21. The highest BCUT2D eigenvalue weighted by Crippen LogP contribution is 2.20. The van der Waals surface area contributed by atoms with Crippen LogP contribution in [0.5, 0.6) is 0 Å². The second-order valence-electron chi connectivity index (χ2n) is 4.56. The van der Waals surface area contributed by atoms with Gasteiger partial charge in [-0.25, -0.2) is 4.79 Å². The predicted octanol–water partition coefficient (Wildman–Crippen LogP) is 0.795. The number of ether oxygens (including phenoxy) is 1. The molecule has 2 unspecified atom stereocenters. The molecule has 1 aliphatic heterocycles. The molecule has 1 amide bonds. The van der Waals surface area contributed by atoms with E-state index in [1.54, 1.807) is 24.5 Å². The summed E-state index contributed by atoms with van der Waals surface area (Å²) < 4.78 is 5.14. The number of carboxylic acid groups (broad SMARTS) is 1. The van der Waals surface area contributed by atoms with E-state index >= 15 is 0 Å². The van der Waals surface area contributed by atoms with E-state index in [0.29, 0.717) is 13.0 Å². The Morgan fingerprint density at radius 1 is 1.55 bits per heavy atom. The van der Waals surface area contributed by atoms with E-state index in [2.05, 4.69) is 4.98 Å². The summed E-state index contributed by atoms with van der Waals surface area (Å²) in [4.78, 5) is 28.5. The highest BCUT2D eigenvalue weighted by atomic mass is 16.5. The predicted molar refractivity (Wildman–Crippen MR) is 71.8 cm³/mol. The molecule has 1 aromatic heterocycles. The lowest BCUT2D eigenvalue weighted by atomic mass is 10.2. The van der Waals surface area contributed by atoms with E-state index in [1.165, 1.54) is 18.1 Å². The van der Waals surface area contributed by atoms with Gasteiger partial charge in [-0.1, -0.05) is 6.07 Å². The van der Waals surface area contributed by atoms with Gasteiger partial charge in [-0.3, -0.25) is 9.78 Å². The molecule has 106 valence electrons. The van der Waals surface area contributed by atoms with Crippen molar-refractivity contribution in [3.63, 3.8) is 0 Å². The number of carbonyl (C=O) groups is 2. The summed E-state index contributed by atoms with van der Waals surface area (Å²) in [5.41, 5.74) is 0.787. The molecule has 0 bridgehead atoms. The van der Waals surface area contributed by atoms with Crippen LogP contribution in [0.25, 0.3) is 6.08 Å². The largest absolute Gasteiger partial charge is 0.480 e. The number of carbonyl (C=O) groups excluding carboxylic acids is 1. The quantitative estimate of drug-likeness (QED) is 0.823. The average Bonchev–Trinajstić information content (AvgIpc) is 2.90. The third kappa shape index (κ3) is 3.21. The van der Waals surface area contributed by atoms with Gasteiger partial charge in [-0.05, 0) is 17.7 Å². The summed E-state index contributed by atoms with van der Waals surface area (Å²) >= 11 is 0. The molecule has 2 rings (SSSR count). The van der Waals surface area contributed by atoms with Crippen molar-refractivity contribution in [2.75, 3.05) is 13.7 Å². The molecular weight excluding hydrogens is 260 g/mol. The van der Waals surface area contributed by atoms with E-state index in [0.717, 1.165) is 5.56 Å². The number of nitrogens with zero attached hydrogens (tertiary/aromatic N) is 2. The first-order valence-electron chi connectivity index (χ1n) is 6.26. The van der Waals surface area contributed by atoms with E-state index in [1.807, 2.05) is 6.07 Å². The zero-order valence-corrected chi connectivity index (χ0v) is 11.1. The number of hydrogen-bond acceptors (Lipinski definition) is 4.